The number of aromatic nitrogens is 4. The Labute approximate surface area is 135 Å². The number of rotatable bonds is 4. The van der Waals surface area contributed by atoms with Crippen molar-refractivity contribution in [3.05, 3.63) is 11.6 Å². The van der Waals surface area contributed by atoms with Gasteiger partial charge in [0.1, 0.15) is 0 Å². The lowest BCUT2D eigenvalue weighted by Crippen LogP contribution is -2.40. The summed E-state index contributed by atoms with van der Waals surface area (Å²) in [5.41, 5.74) is -0.684. The molecule has 0 saturated carbocycles. The largest absolute Gasteiger partial charge is 0.479 e. The first-order chi connectivity index (χ1) is 11.0. The van der Waals surface area contributed by atoms with Gasteiger partial charge in [-0.05, 0) is 11.6 Å². The molecule has 0 amide bonds. The van der Waals surface area contributed by atoms with Gasteiger partial charge < -0.3 is 19.7 Å². The minimum absolute atomic E-state index is 0.0758. The zero-order valence-corrected chi connectivity index (χ0v) is 13.2. The third-order valence-electron chi connectivity index (χ3n) is 4.26. The van der Waals surface area contributed by atoms with Gasteiger partial charge in [-0.2, -0.15) is 9.97 Å². The fourth-order valence-corrected chi connectivity index (χ4v) is 2.89. The van der Waals surface area contributed by atoms with Crippen LogP contribution in [-0.4, -0.2) is 62.3 Å². The Balaban J connectivity index is 2.09. The Bertz CT molecular complexity index is 729. The van der Waals surface area contributed by atoms with E-state index in [1.807, 2.05) is 0 Å². The molecule has 1 aliphatic rings. The summed E-state index contributed by atoms with van der Waals surface area (Å²) in [6, 6.07) is 0. The van der Waals surface area contributed by atoms with E-state index < -0.39 is 37.1 Å². The predicted octanol–water partition coefficient (Wildman–Crippen LogP) is 0.715. The summed E-state index contributed by atoms with van der Waals surface area (Å²) >= 11 is 5.86. The van der Waals surface area contributed by atoms with Crippen LogP contribution in [0.1, 0.15) is 13.2 Å². The van der Waals surface area contributed by atoms with E-state index in [9.17, 15) is 14.6 Å². The lowest BCUT2D eigenvalue weighted by Gasteiger charge is -2.27. The molecule has 3 rings (SSSR count). The first kappa shape index (κ1) is 16.3. The van der Waals surface area contributed by atoms with E-state index in [4.69, 9.17) is 21.1 Å². The summed E-state index contributed by atoms with van der Waals surface area (Å²) in [6.45, 7) is 0.626. The monoisotopic (exact) mass is 346 g/mol. The molecule has 2 aromatic rings. The van der Waals surface area contributed by atoms with Gasteiger partial charge in [0.2, 0.25) is 11.2 Å². The second-order valence-corrected chi connectivity index (χ2v) is 5.93. The van der Waals surface area contributed by atoms with Crippen LogP contribution in [0.4, 0.5) is 4.39 Å². The Morgan fingerprint density at radius 2 is 2.22 bits per heavy atom. The van der Waals surface area contributed by atoms with Crippen LogP contribution in [0.25, 0.3) is 11.2 Å². The molecule has 0 aromatic carbocycles. The van der Waals surface area contributed by atoms with Crippen LogP contribution in [-0.2, 0) is 4.74 Å². The third-order valence-corrected chi connectivity index (χ3v) is 4.42. The summed E-state index contributed by atoms with van der Waals surface area (Å²) in [6.07, 6.45) is -2.21. The Morgan fingerprint density at radius 1 is 1.48 bits per heavy atom. The first-order valence-electron chi connectivity index (χ1n) is 6.91. The minimum atomic E-state index is -1.58. The number of halogens is 2. The molecule has 8 nitrogen and oxygen atoms in total. The molecule has 3 heterocycles. The van der Waals surface area contributed by atoms with E-state index in [-0.39, 0.29) is 16.8 Å². The average Bonchev–Trinajstić information content (AvgIpc) is 3.07. The van der Waals surface area contributed by atoms with Crippen LogP contribution >= 0.6 is 11.6 Å². The number of aliphatic hydroxyl groups excluding tert-OH is 2. The standard InChI is InChI=1S/C13H16ClFN4O4/c1-13(4-21)6(3-20)23-11(8(13)15)19-5-16-7-9(19)17-12(14)18-10(7)22-2/h5-6,8,11,20-21H,3-4H2,1-2H3/t6-,8?,11-,13?/m1/s1. The molecular weight excluding hydrogens is 331 g/mol. The lowest BCUT2D eigenvalue weighted by molar-refractivity contribution is -0.0524. The highest BCUT2D eigenvalue weighted by molar-refractivity contribution is 6.28. The first-order valence-corrected chi connectivity index (χ1v) is 7.29. The van der Waals surface area contributed by atoms with Crippen molar-refractivity contribution in [1.82, 2.24) is 19.5 Å². The lowest BCUT2D eigenvalue weighted by atomic mass is 9.82. The Morgan fingerprint density at radius 3 is 2.78 bits per heavy atom. The van der Waals surface area contributed by atoms with Gasteiger partial charge in [-0.15, -0.1) is 0 Å². The zero-order valence-electron chi connectivity index (χ0n) is 12.5. The number of fused-ring (bicyclic) bond motifs is 1. The number of ether oxygens (including phenoxy) is 2. The smallest absolute Gasteiger partial charge is 0.246 e. The molecule has 126 valence electrons. The second-order valence-electron chi connectivity index (χ2n) is 5.59. The number of methoxy groups -OCH3 is 1. The van der Waals surface area contributed by atoms with Crippen molar-refractivity contribution in [2.75, 3.05) is 20.3 Å². The molecule has 1 aliphatic heterocycles. The van der Waals surface area contributed by atoms with Gasteiger partial charge >= 0.3 is 0 Å². The Hall–Kier alpha value is -1.55. The van der Waals surface area contributed by atoms with E-state index in [0.717, 1.165) is 0 Å². The van der Waals surface area contributed by atoms with Crippen molar-refractivity contribution in [2.24, 2.45) is 5.41 Å². The maximum Gasteiger partial charge on any atom is 0.246 e. The molecule has 23 heavy (non-hydrogen) atoms. The number of hydrogen-bond acceptors (Lipinski definition) is 7. The summed E-state index contributed by atoms with van der Waals surface area (Å²) in [7, 11) is 1.41. The fourth-order valence-electron chi connectivity index (χ4n) is 2.74. The van der Waals surface area contributed by atoms with Crippen molar-refractivity contribution < 1.29 is 24.1 Å². The van der Waals surface area contributed by atoms with Crippen molar-refractivity contribution in [3.63, 3.8) is 0 Å². The van der Waals surface area contributed by atoms with Crippen molar-refractivity contribution in [2.45, 2.75) is 25.4 Å². The van der Waals surface area contributed by atoms with Crippen LogP contribution in [0, 0.1) is 5.41 Å². The average molecular weight is 347 g/mol. The molecule has 2 aromatic heterocycles. The number of nitrogens with zero attached hydrogens (tertiary/aromatic N) is 4. The molecule has 0 aliphatic carbocycles. The van der Waals surface area contributed by atoms with E-state index in [0.29, 0.717) is 5.52 Å². The van der Waals surface area contributed by atoms with Crippen molar-refractivity contribution in [3.8, 4) is 5.88 Å². The molecule has 0 spiro atoms. The van der Waals surface area contributed by atoms with Gasteiger partial charge in [-0.1, -0.05) is 6.92 Å². The molecule has 1 saturated heterocycles. The van der Waals surface area contributed by atoms with Crippen LogP contribution in [0.15, 0.2) is 6.33 Å². The van der Waals surface area contributed by atoms with Gasteiger partial charge in [0.05, 0.1) is 38.2 Å². The summed E-state index contributed by atoms with van der Waals surface area (Å²) in [5.74, 6) is 0.163. The third kappa shape index (κ3) is 2.35. The van der Waals surface area contributed by atoms with Gasteiger partial charge in [-0.3, -0.25) is 4.57 Å². The molecule has 1 fully saturated rings. The number of alkyl halides is 1. The maximum atomic E-state index is 14.9. The van der Waals surface area contributed by atoms with Gasteiger partial charge in [0.25, 0.3) is 0 Å². The van der Waals surface area contributed by atoms with Crippen molar-refractivity contribution >= 4 is 22.8 Å². The van der Waals surface area contributed by atoms with Crippen LogP contribution in [0.2, 0.25) is 5.28 Å². The summed E-state index contributed by atoms with van der Waals surface area (Å²) in [4.78, 5) is 12.1. The number of imidazole rings is 1. The molecule has 10 heteroatoms. The molecule has 0 bridgehead atoms. The molecule has 2 N–H and O–H groups in total. The van der Waals surface area contributed by atoms with E-state index in [1.165, 1.54) is 24.9 Å². The van der Waals surface area contributed by atoms with Crippen molar-refractivity contribution in [1.29, 1.82) is 0 Å². The van der Waals surface area contributed by atoms with Crippen LogP contribution < -0.4 is 4.74 Å². The normalized spacial score (nSPS) is 31.0. The topological polar surface area (TPSA) is 103 Å². The van der Waals surface area contributed by atoms with Gasteiger partial charge in [-0.25, -0.2) is 9.37 Å². The van der Waals surface area contributed by atoms with Gasteiger partial charge in [0, 0.05) is 0 Å². The molecule has 0 radical (unpaired) electrons. The second kappa shape index (κ2) is 5.82. The highest BCUT2D eigenvalue weighted by Gasteiger charge is 2.54. The number of hydrogen-bond donors (Lipinski definition) is 2. The summed E-state index contributed by atoms with van der Waals surface area (Å²) < 4.78 is 26.9. The van der Waals surface area contributed by atoms with E-state index >= 15 is 0 Å². The predicted molar refractivity (Wildman–Crippen MR) is 78.0 cm³/mol. The highest BCUT2D eigenvalue weighted by atomic mass is 35.5. The van der Waals surface area contributed by atoms with Crippen LogP contribution in [0.3, 0.4) is 0 Å². The quantitative estimate of drug-likeness (QED) is 0.786. The minimum Gasteiger partial charge on any atom is -0.479 e. The summed E-state index contributed by atoms with van der Waals surface area (Å²) in [5, 5.41) is 18.9. The van der Waals surface area contributed by atoms with Gasteiger partial charge in [0.15, 0.2) is 23.6 Å². The SMILES string of the molecule is COc1nc(Cl)nc2c1ncn2[C@@H]1O[C@H](CO)C(C)(CO)C1F. The van der Waals surface area contributed by atoms with E-state index in [2.05, 4.69) is 15.0 Å². The van der Waals surface area contributed by atoms with E-state index in [1.54, 1.807) is 0 Å². The fraction of sp³-hybridized carbons (Fsp3) is 0.615. The maximum absolute atomic E-state index is 14.9. The van der Waals surface area contributed by atoms with Crippen LogP contribution in [0.5, 0.6) is 5.88 Å². The molecule has 4 atom stereocenters. The molecular formula is C13H16ClFN4O4. The Kier molecular flexibility index (Phi) is 4.13. The molecule has 2 unspecified atom stereocenters. The highest BCUT2D eigenvalue weighted by Crippen LogP contribution is 2.46. The zero-order chi connectivity index (χ0) is 16.8. The number of aliphatic hydroxyl groups is 2.